The van der Waals surface area contributed by atoms with Gasteiger partial charge in [-0.3, -0.25) is 4.90 Å². The van der Waals surface area contributed by atoms with E-state index in [0.717, 1.165) is 18.8 Å². The van der Waals surface area contributed by atoms with Crippen LogP contribution in [0.15, 0.2) is 24.3 Å². The maximum Gasteiger partial charge on any atom is 0.123 e. The van der Waals surface area contributed by atoms with Crippen LogP contribution in [0.25, 0.3) is 0 Å². The van der Waals surface area contributed by atoms with Crippen LogP contribution < -0.4 is 4.74 Å². The van der Waals surface area contributed by atoms with Crippen molar-refractivity contribution < 1.29 is 14.2 Å². The second kappa shape index (κ2) is 7.72. The number of hydrogen-bond acceptors (Lipinski definition) is 4. The summed E-state index contributed by atoms with van der Waals surface area (Å²) in [5.74, 6) is 2.64. The van der Waals surface area contributed by atoms with Crippen LogP contribution >= 0.6 is 11.8 Å². The predicted molar refractivity (Wildman–Crippen MR) is 76.3 cm³/mol. The fourth-order valence-corrected chi connectivity index (χ4v) is 2.98. The first kappa shape index (κ1) is 14.6. The van der Waals surface area contributed by atoms with Gasteiger partial charge in [0, 0.05) is 18.8 Å². The van der Waals surface area contributed by atoms with Crippen LogP contribution in [-0.4, -0.2) is 53.9 Å². The van der Waals surface area contributed by atoms with Crippen molar-refractivity contribution >= 4 is 11.8 Å². The quantitative estimate of drug-likeness (QED) is 0.897. The van der Waals surface area contributed by atoms with E-state index in [1.165, 1.54) is 24.3 Å². The molecule has 1 aliphatic rings. The molecule has 0 aromatic heterocycles. The second-order valence-corrected chi connectivity index (χ2v) is 5.91. The highest BCUT2D eigenvalue weighted by molar-refractivity contribution is 7.99. The first-order chi connectivity index (χ1) is 9.24. The Bertz CT molecular complexity index is 366. The minimum Gasteiger partial charge on any atom is -0.491 e. The molecule has 1 atom stereocenters. The predicted octanol–water partition coefficient (Wildman–Crippen LogP) is 2.00. The van der Waals surface area contributed by atoms with Gasteiger partial charge >= 0.3 is 0 Å². The minimum absolute atomic E-state index is 0.245. The Hall–Kier alpha value is -0.780. The molecule has 0 aliphatic carbocycles. The van der Waals surface area contributed by atoms with E-state index >= 15 is 0 Å². The van der Waals surface area contributed by atoms with Crippen LogP contribution in [0, 0.1) is 5.82 Å². The number of rotatable bonds is 5. The number of aliphatic hydroxyl groups is 1. The smallest absolute Gasteiger partial charge is 0.123 e. The molecule has 3 nitrogen and oxygen atoms in total. The molecule has 0 saturated carbocycles. The van der Waals surface area contributed by atoms with Gasteiger partial charge in [0.15, 0.2) is 0 Å². The highest BCUT2D eigenvalue weighted by Gasteiger charge is 2.14. The third kappa shape index (κ3) is 5.38. The molecule has 19 heavy (non-hydrogen) atoms. The van der Waals surface area contributed by atoms with E-state index in [2.05, 4.69) is 4.90 Å². The normalized spacial score (nSPS) is 18.8. The summed E-state index contributed by atoms with van der Waals surface area (Å²) in [4.78, 5) is 2.28. The average molecular weight is 285 g/mol. The number of β-amino-alcohol motifs (C(OH)–C–C–N with tert-alkyl or cyclic N) is 1. The van der Waals surface area contributed by atoms with Gasteiger partial charge in [-0.1, -0.05) is 0 Å². The van der Waals surface area contributed by atoms with Gasteiger partial charge in [-0.25, -0.2) is 4.39 Å². The summed E-state index contributed by atoms with van der Waals surface area (Å²) in [7, 11) is 0. The Balaban J connectivity index is 1.71. The zero-order valence-electron chi connectivity index (χ0n) is 10.9. The number of hydrogen-bond donors (Lipinski definition) is 1. The Morgan fingerprint density at radius 2 is 2.05 bits per heavy atom. The zero-order chi connectivity index (χ0) is 13.5. The summed E-state index contributed by atoms with van der Waals surface area (Å²) in [5, 5.41) is 9.96. The fourth-order valence-electron chi connectivity index (χ4n) is 2.05. The van der Waals surface area contributed by atoms with Crippen molar-refractivity contribution in [3.05, 3.63) is 30.1 Å². The lowest BCUT2D eigenvalue weighted by Gasteiger charge is -2.22. The van der Waals surface area contributed by atoms with Crippen molar-refractivity contribution in [2.75, 3.05) is 37.7 Å². The largest absolute Gasteiger partial charge is 0.491 e. The van der Waals surface area contributed by atoms with E-state index < -0.39 is 6.10 Å². The molecular weight excluding hydrogens is 265 g/mol. The zero-order valence-corrected chi connectivity index (χ0v) is 11.7. The molecule has 1 heterocycles. The second-order valence-electron chi connectivity index (χ2n) is 4.69. The summed E-state index contributed by atoms with van der Waals surface area (Å²) < 4.78 is 18.2. The Labute approximate surface area is 117 Å². The molecule has 2 rings (SSSR count). The van der Waals surface area contributed by atoms with Crippen LogP contribution in [-0.2, 0) is 0 Å². The molecular formula is C14H20FNO2S. The lowest BCUT2D eigenvalue weighted by molar-refractivity contribution is 0.0707. The van der Waals surface area contributed by atoms with Crippen LogP contribution in [0.1, 0.15) is 6.42 Å². The number of benzene rings is 1. The van der Waals surface area contributed by atoms with E-state index in [1.807, 2.05) is 11.8 Å². The molecule has 1 aromatic rings. The fraction of sp³-hybridized carbons (Fsp3) is 0.571. The van der Waals surface area contributed by atoms with Crippen molar-refractivity contribution in [3.8, 4) is 5.75 Å². The van der Waals surface area contributed by atoms with Crippen LogP contribution in [0.5, 0.6) is 5.75 Å². The molecule has 1 aliphatic heterocycles. The van der Waals surface area contributed by atoms with Gasteiger partial charge < -0.3 is 9.84 Å². The Kier molecular flexibility index (Phi) is 5.94. The lowest BCUT2D eigenvalue weighted by atomic mass is 10.3. The van der Waals surface area contributed by atoms with Crippen molar-refractivity contribution in [2.24, 2.45) is 0 Å². The number of ether oxygens (including phenoxy) is 1. The van der Waals surface area contributed by atoms with Crippen LogP contribution in [0.2, 0.25) is 0 Å². The highest BCUT2D eigenvalue weighted by Crippen LogP contribution is 2.13. The molecule has 0 bridgehead atoms. The average Bonchev–Trinajstić information content (AvgIpc) is 2.67. The maximum absolute atomic E-state index is 12.7. The molecule has 106 valence electrons. The lowest BCUT2D eigenvalue weighted by Crippen LogP contribution is -2.36. The summed E-state index contributed by atoms with van der Waals surface area (Å²) in [6.07, 6.45) is 0.670. The molecule has 0 spiro atoms. The third-order valence-electron chi connectivity index (χ3n) is 3.04. The summed E-state index contributed by atoms with van der Waals surface area (Å²) in [6.45, 7) is 2.95. The third-order valence-corrected chi connectivity index (χ3v) is 4.09. The Morgan fingerprint density at radius 3 is 2.84 bits per heavy atom. The summed E-state index contributed by atoms with van der Waals surface area (Å²) in [5.41, 5.74) is 0. The molecule has 1 aromatic carbocycles. The number of thioether (sulfide) groups is 1. The molecule has 0 radical (unpaired) electrons. The number of nitrogens with zero attached hydrogens (tertiary/aromatic N) is 1. The van der Waals surface area contributed by atoms with Crippen molar-refractivity contribution in [1.82, 2.24) is 4.90 Å². The van der Waals surface area contributed by atoms with E-state index in [1.54, 1.807) is 12.1 Å². The minimum atomic E-state index is -0.506. The van der Waals surface area contributed by atoms with Crippen LogP contribution in [0.3, 0.4) is 0 Å². The molecule has 1 N–H and O–H groups in total. The van der Waals surface area contributed by atoms with Gasteiger partial charge in [0.1, 0.15) is 24.3 Å². The molecule has 1 saturated heterocycles. The molecule has 1 unspecified atom stereocenters. The van der Waals surface area contributed by atoms with Gasteiger partial charge in [-0.05, 0) is 43.0 Å². The standard InChI is InChI=1S/C14H20FNO2S/c15-12-2-4-14(5-3-12)18-11-13(17)10-16-6-1-8-19-9-7-16/h2-5,13,17H,1,6-11H2. The number of aliphatic hydroxyl groups excluding tert-OH is 1. The van der Waals surface area contributed by atoms with Gasteiger partial charge in [0.05, 0.1) is 0 Å². The van der Waals surface area contributed by atoms with Gasteiger partial charge in [0.25, 0.3) is 0 Å². The first-order valence-corrected chi connectivity index (χ1v) is 7.76. The Morgan fingerprint density at radius 1 is 1.26 bits per heavy atom. The molecule has 0 amide bonds. The SMILES string of the molecule is OC(COc1ccc(F)cc1)CN1CCCSCC1. The topological polar surface area (TPSA) is 32.7 Å². The molecule has 5 heteroatoms. The molecule has 1 fully saturated rings. The van der Waals surface area contributed by atoms with Crippen molar-refractivity contribution in [3.63, 3.8) is 0 Å². The van der Waals surface area contributed by atoms with Crippen molar-refractivity contribution in [2.45, 2.75) is 12.5 Å². The van der Waals surface area contributed by atoms with E-state index in [-0.39, 0.29) is 12.4 Å². The monoisotopic (exact) mass is 285 g/mol. The van der Waals surface area contributed by atoms with E-state index in [4.69, 9.17) is 4.74 Å². The number of halogens is 1. The van der Waals surface area contributed by atoms with E-state index in [9.17, 15) is 9.50 Å². The van der Waals surface area contributed by atoms with Gasteiger partial charge in [-0.15, -0.1) is 0 Å². The van der Waals surface area contributed by atoms with E-state index in [0.29, 0.717) is 12.3 Å². The summed E-state index contributed by atoms with van der Waals surface area (Å²) >= 11 is 1.97. The van der Waals surface area contributed by atoms with Gasteiger partial charge in [-0.2, -0.15) is 11.8 Å². The first-order valence-electron chi connectivity index (χ1n) is 6.60. The summed E-state index contributed by atoms with van der Waals surface area (Å²) in [6, 6.07) is 5.86. The van der Waals surface area contributed by atoms with Crippen molar-refractivity contribution in [1.29, 1.82) is 0 Å². The van der Waals surface area contributed by atoms with Gasteiger partial charge in [0.2, 0.25) is 0 Å². The van der Waals surface area contributed by atoms with Crippen LogP contribution in [0.4, 0.5) is 4.39 Å². The highest BCUT2D eigenvalue weighted by atomic mass is 32.2. The maximum atomic E-state index is 12.7.